The minimum absolute atomic E-state index is 0.0925. The quantitative estimate of drug-likeness (QED) is 0.548. The van der Waals surface area contributed by atoms with Crippen molar-refractivity contribution in [2.75, 3.05) is 13.7 Å². The van der Waals surface area contributed by atoms with Gasteiger partial charge in [0.05, 0.1) is 28.8 Å². The Kier molecular flexibility index (Phi) is 5.99. The average Bonchev–Trinajstić information content (AvgIpc) is 2.98. The van der Waals surface area contributed by atoms with E-state index >= 15 is 0 Å². The summed E-state index contributed by atoms with van der Waals surface area (Å²) in [5.41, 5.74) is -0.131. The largest absolute Gasteiger partial charge is 0.497 e. The highest BCUT2D eigenvalue weighted by molar-refractivity contribution is 7.90. The molecule has 3 rings (SSSR count). The molecule has 29 heavy (non-hydrogen) atoms. The monoisotopic (exact) mass is 442 g/mol. The number of methoxy groups -OCH3 is 1. The molecular formula is C18H16F2N2O5S2. The Labute approximate surface area is 168 Å². The lowest BCUT2D eigenvalue weighted by Gasteiger charge is -2.06. The maximum absolute atomic E-state index is 14.4. The minimum atomic E-state index is -4.19. The normalized spacial score (nSPS) is 12.3. The van der Waals surface area contributed by atoms with Crippen molar-refractivity contribution in [1.29, 1.82) is 0 Å². The number of hydrogen-bond donors (Lipinski definition) is 0. The summed E-state index contributed by atoms with van der Waals surface area (Å²) in [4.78, 5) is 11.6. The maximum atomic E-state index is 14.4. The Balaban J connectivity index is 2.20. The Morgan fingerprint density at radius 2 is 1.90 bits per heavy atom. The summed E-state index contributed by atoms with van der Waals surface area (Å²) < 4.78 is 68.2. The Morgan fingerprint density at radius 1 is 1.21 bits per heavy atom. The third-order valence-electron chi connectivity index (χ3n) is 3.84. The molecule has 0 radical (unpaired) electrons. The van der Waals surface area contributed by atoms with Gasteiger partial charge in [-0.05, 0) is 37.3 Å². The lowest BCUT2D eigenvalue weighted by molar-refractivity contribution is -0.143. The van der Waals surface area contributed by atoms with Crippen LogP contribution < -0.4 is 9.54 Å². The summed E-state index contributed by atoms with van der Waals surface area (Å²) in [5.74, 6) is -2.02. The van der Waals surface area contributed by atoms with E-state index in [0.717, 1.165) is 22.0 Å². The van der Waals surface area contributed by atoms with Crippen LogP contribution in [0.3, 0.4) is 0 Å². The van der Waals surface area contributed by atoms with E-state index in [0.29, 0.717) is 11.8 Å². The zero-order valence-corrected chi connectivity index (χ0v) is 17.0. The van der Waals surface area contributed by atoms with E-state index in [4.69, 9.17) is 9.47 Å². The van der Waals surface area contributed by atoms with Crippen LogP contribution in [0.15, 0.2) is 45.7 Å². The predicted octanol–water partition coefficient (Wildman–Crippen LogP) is 2.84. The lowest BCUT2D eigenvalue weighted by Crippen LogP contribution is -2.23. The van der Waals surface area contributed by atoms with E-state index in [1.807, 2.05) is 0 Å². The molecular weight excluding hydrogens is 426 g/mol. The molecule has 1 heterocycles. The fourth-order valence-electron chi connectivity index (χ4n) is 2.58. The summed E-state index contributed by atoms with van der Waals surface area (Å²) in [7, 11) is -2.75. The average molecular weight is 442 g/mol. The first-order valence-corrected chi connectivity index (χ1v) is 10.6. The number of halogens is 2. The first kappa shape index (κ1) is 20.9. The van der Waals surface area contributed by atoms with Crippen LogP contribution >= 0.6 is 11.3 Å². The Morgan fingerprint density at radius 3 is 2.52 bits per heavy atom. The van der Waals surface area contributed by atoms with Crippen LogP contribution in [0.4, 0.5) is 8.78 Å². The van der Waals surface area contributed by atoms with Gasteiger partial charge in [-0.2, -0.15) is 8.42 Å². The van der Waals surface area contributed by atoms with E-state index in [9.17, 15) is 22.0 Å². The summed E-state index contributed by atoms with van der Waals surface area (Å²) in [6.07, 6.45) is 0. The molecule has 3 aromatic rings. The van der Waals surface area contributed by atoms with Crippen LogP contribution in [0.1, 0.15) is 6.92 Å². The van der Waals surface area contributed by atoms with Crippen molar-refractivity contribution in [2.45, 2.75) is 18.4 Å². The molecule has 0 amide bonds. The number of carbonyl (C=O) groups excluding carboxylic acids is 1. The smallest absolute Gasteiger partial charge is 0.326 e. The number of ether oxygens (including phenoxy) is 2. The van der Waals surface area contributed by atoms with Crippen molar-refractivity contribution in [1.82, 2.24) is 4.57 Å². The Bertz CT molecular complexity index is 1230. The first-order valence-electron chi connectivity index (χ1n) is 8.34. The molecule has 0 spiro atoms. The van der Waals surface area contributed by atoms with E-state index < -0.39 is 34.2 Å². The van der Waals surface area contributed by atoms with Gasteiger partial charge in [-0.1, -0.05) is 11.3 Å². The molecule has 0 atom stereocenters. The third kappa shape index (κ3) is 4.46. The number of esters is 1. The van der Waals surface area contributed by atoms with Gasteiger partial charge in [-0.3, -0.25) is 4.79 Å². The highest BCUT2D eigenvalue weighted by Crippen LogP contribution is 2.23. The second-order valence-corrected chi connectivity index (χ2v) is 8.37. The van der Waals surface area contributed by atoms with Crippen molar-refractivity contribution in [3.05, 3.63) is 52.8 Å². The van der Waals surface area contributed by atoms with Crippen LogP contribution in [0.25, 0.3) is 10.2 Å². The van der Waals surface area contributed by atoms with Crippen molar-refractivity contribution < 1.29 is 31.5 Å². The van der Waals surface area contributed by atoms with Crippen molar-refractivity contribution in [2.24, 2.45) is 4.40 Å². The lowest BCUT2D eigenvalue weighted by atomic mass is 10.3. The van der Waals surface area contributed by atoms with Crippen LogP contribution in [0.5, 0.6) is 5.75 Å². The molecule has 0 unspecified atom stereocenters. The number of thiazole rings is 1. The number of rotatable bonds is 6. The molecule has 154 valence electrons. The van der Waals surface area contributed by atoms with Crippen LogP contribution in [0, 0.1) is 11.6 Å². The predicted molar refractivity (Wildman–Crippen MR) is 102 cm³/mol. The number of aromatic nitrogens is 1. The van der Waals surface area contributed by atoms with Gasteiger partial charge in [0.25, 0.3) is 10.0 Å². The molecule has 11 heteroatoms. The van der Waals surface area contributed by atoms with Gasteiger partial charge >= 0.3 is 5.97 Å². The van der Waals surface area contributed by atoms with E-state index in [1.54, 1.807) is 6.92 Å². The van der Waals surface area contributed by atoms with Crippen LogP contribution in [-0.2, 0) is 26.1 Å². The van der Waals surface area contributed by atoms with Gasteiger partial charge in [-0.15, -0.1) is 4.40 Å². The van der Waals surface area contributed by atoms with Gasteiger partial charge in [0.2, 0.25) is 4.80 Å². The SMILES string of the molecule is CCOC(=O)Cn1c(=NS(=O)(=O)c2ccc(OC)cc2)sc2cc(F)cc(F)c21. The molecule has 0 fully saturated rings. The van der Waals surface area contributed by atoms with E-state index in [2.05, 4.69) is 4.40 Å². The van der Waals surface area contributed by atoms with Crippen molar-refractivity contribution >= 4 is 37.5 Å². The molecule has 0 bridgehead atoms. The molecule has 0 aliphatic rings. The summed E-state index contributed by atoms with van der Waals surface area (Å²) in [5, 5.41) is 0. The fraction of sp³-hybridized carbons (Fsp3) is 0.222. The molecule has 1 aromatic heterocycles. The molecule has 0 aliphatic carbocycles. The Hall–Kier alpha value is -2.79. The van der Waals surface area contributed by atoms with E-state index in [1.165, 1.54) is 31.4 Å². The van der Waals surface area contributed by atoms with E-state index in [-0.39, 0.29) is 26.5 Å². The topological polar surface area (TPSA) is 87.0 Å². The number of fused-ring (bicyclic) bond motifs is 1. The second-order valence-electron chi connectivity index (χ2n) is 5.75. The van der Waals surface area contributed by atoms with Crippen molar-refractivity contribution in [3.63, 3.8) is 0 Å². The zero-order chi connectivity index (χ0) is 21.2. The fourth-order valence-corrected chi connectivity index (χ4v) is 4.86. The molecule has 0 saturated carbocycles. The molecule has 7 nitrogen and oxygen atoms in total. The summed E-state index contributed by atoms with van der Waals surface area (Å²) in [6.45, 7) is 1.21. The highest BCUT2D eigenvalue weighted by atomic mass is 32.2. The first-order chi connectivity index (χ1) is 13.7. The number of nitrogens with zero attached hydrogens (tertiary/aromatic N) is 2. The standard InChI is InChI=1S/C18H16F2N2O5S2/c1-3-27-16(23)10-22-17-14(20)8-11(19)9-15(17)28-18(22)21-29(24,25)13-6-4-12(26-2)5-7-13/h4-9H,3,10H2,1-2H3. The molecule has 0 aliphatic heterocycles. The number of benzene rings is 2. The molecule has 0 N–H and O–H groups in total. The number of hydrogen-bond acceptors (Lipinski definition) is 6. The zero-order valence-electron chi connectivity index (χ0n) is 15.4. The van der Waals surface area contributed by atoms with Gasteiger partial charge < -0.3 is 14.0 Å². The van der Waals surface area contributed by atoms with Gasteiger partial charge in [0.1, 0.15) is 18.1 Å². The van der Waals surface area contributed by atoms with Crippen LogP contribution in [-0.4, -0.2) is 32.7 Å². The van der Waals surface area contributed by atoms with Crippen molar-refractivity contribution in [3.8, 4) is 5.75 Å². The number of sulfonamides is 1. The summed E-state index contributed by atoms with van der Waals surface area (Å²) >= 11 is 0.746. The minimum Gasteiger partial charge on any atom is -0.497 e. The third-order valence-corrected chi connectivity index (χ3v) is 6.27. The molecule has 0 saturated heterocycles. The van der Waals surface area contributed by atoms with Gasteiger partial charge in [0, 0.05) is 6.07 Å². The van der Waals surface area contributed by atoms with Gasteiger partial charge in [-0.25, -0.2) is 8.78 Å². The summed E-state index contributed by atoms with van der Waals surface area (Å²) in [6, 6.07) is 7.22. The highest BCUT2D eigenvalue weighted by Gasteiger charge is 2.19. The number of carbonyl (C=O) groups is 1. The maximum Gasteiger partial charge on any atom is 0.326 e. The van der Waals surface area contributed by atoms with Crippen LogP contribution in [0.2, 0.25) is 0 Å². The molecule has 2 aromatic carbocycles. The van der Waals surface area contributed by atoms with Gasteiger partial charge in [0.15, 0.2) is 5.82 Å². The second kappa shape index (κ2) is 8.29.